The molecule has 0 heterocycles. The van der Waals surface area contributed by atoms with Crippen LogP contribution in [0.5, 0.6) is 5.75 Å². The summed E-state index contributed by atoms with van der Waals surface area (Å²) < 4.78 is 15.3. The van der Waals surface area contributed by atoms with Gasteiger partial charge in [-0.1, -0.05) is 30.3 Å². The van der Waals surface area contributed by atoms with Crippen LogP contribution in [0.3, 0.4) is 0 Å². The molecule has 0 radical (unpaired) electrons. The molecule has 2 aromatic rings. The first-order chi connectivity index (χ1) is 15.4. The van der Waals surface area contributed by atoms with Crippen LogP contribution in [0.4, 0.5) is 0 Å². The van der Waals surface area contributed by atoms with Crippen molar-refractivity contribution in [2.45, 2.75) is 20.5 Å². The Morgan fingerprint density at radius 3 is 1.72 bits per heavy atom. The molecule has 2 aromatic carbocycles. The first kappa shape index (κ1) is 24.4. The van der Waals surface area contributed by atoms with Crippen molar-refractivity contribution in [2.75, 3.05) is 26.3 Å². The van der Waals surface area contributed by atoms with Crippen molar-refractivity contribution >= 4 is 23.8 Å². The highest BCUT2D eigenvalue weighted by Crippen LogP contribution is 2.19. The molecule has 0 aromatic heterocycles. The largest absolute Gasteiger partial charge is 0.489 e. The minimum atomic E-state index is -0.581. The Balaban J connectivity index is 2.17. The standard InChI is InChI=1S/C23H26N2O7/c1-3-30-20(26)13-24-22(28)17-10-18(23(29)25-14-21(27)31-4-2)12-19(11-17)32-15-16-8-6-5-7-9-16/h5-12H,3-4,13-15H2,1-2H3,(H,24,28)(H,25,29). The zero-order valence-corrected chi connectivity index (χ0v) is 18.0. The predicted molar refractivity (Wildman–Crippen MR) is 115 cm³/mol. The van der Waals surface area contributed by atoms with Gasteiger partial charge in [0.2, 0.25) is 0 Å². The van der Waals surface area contributed by atoms with Crippen LogP contribution in [0.25, 0.3) is 0 Å². The number of ether oxygens (including phenoxy) is 3. The number of benzene rings is 2. The number of esters is 2. The molecule has 0 bridgehead atoms. The Morgan fingerprint density at radius 1 is 0.750 bits per heavy atom. The summed E-state index contributed by atoms with van der Waals surface area (Å²) in [6.07, 6.45) is 0. The van der Waals surface area contributed by atoms with Crippen molar-refractivity contribution in [1.29, 1.82) is 0 Å². The van der Waals surface area contributed by atoms with Crippen LogP contribution in [0.2, 0.25) is 0 Å². The van der Waals surface area contributed by atoms with Gasteiger partial charge in [0.15, 0.2) is 0 Å². The van der Waals surface area contributed by atoms with Gasteiger partial charge in [-0.05, 0) is 37.6 Å². The molecule has 9 heteroatoms. The zero-order chi connectivity index (χ0) is 23.3. The minimum Gasteiger partial charge on any atom is -0.489 e. The molecule has 0 atom stereocenters. The van der Waals surface area contributed by atoms with E-state index >= 15 is 0 Å². The van der Waals surface area contributed by atoms with Crippen LogP contribution in [-0.2, 0) is 25.7 Å². The maximum atomic E-state index is 12.5. The van der Waals surface area contributed by atoms with E-state index in [4.69, 9.17) is 14.2 Å². The molecule has 0 unspecified atom stereocenters. The van der Waals surface area contributed by atoms with Crippen LogP contribution in [0, 0.1) is 0 Å². The minimum absolute atomic E-state index is 0.112. The molecule has 2 rings (SSSR count). The summed E-state index contributed by atoms with van der Waals surface area (Å²) in [6.45, 7) is 3.31. The third-order valence-electron chi connectivity index (χ3n) is 4.08. The monoisotopic (exact) mass is 442 g/mol. The van der Waals surface area contributed by atoms with Crippen LogP contribution in [0.15, 0.2) is 48.5 Å². The van der Waals surface area contributed by atoms with Crippen molar-refractivity contribution in [3.05, 3.63) is 65.2 Å². The number of amides is 2. The van der Waals surface area contributed by atoms with Gasteiger partial charge in [0.05, 0.1) is 13.2 Å². The summed E-state index contributed by atoms with van der Waals surface area (Å²) >= 11 is 0. The molecule has 0 saturated heterocycles. The van der Waals surface area contributed by atoms with Gasteiger partial charge in [-0.2, -0.15) is 0 Å². The molecule has 0 aliphatic heterocycles. The number of hydrogen-bond acceptors (Lipinski definition) is 7. The lowest BCUT2D eigenvalue weighted by Gasteiger charge is -2.12. The van der Waals surface area contributed by atoms with Crippen LogP contribution in [-0.4, -0.2) is 50.1 Å². The number of carbonyl (C=O) groups is 4. The van der Waals surface area contributed by atoms with Crippen LogP contribution < -0.4 is 15.4 Å². The summed E-state index contributed by atoms with van der Waals surface area (Å²) in [6, 6.07) is 13.6. The third-order valence-corrected chi connectivity index (χ3v) is 4.08. The van der Waals surface area contributed by atoms with E-state index in [1.54, 1.807) is 13.8 Å². The predicted octanol–water partition coefficient (Wildman–Crippen LogP) is 1.85. The normalized spacial score (nSPS) is 10.1. The maximum absolute atomic E-state index is 12.5. The fourth-order valence-electron chi connectivity index (χ4n) is 2.62. The Bertz CT molecular complexity index is 892. The fraction of sp³-hybridized carbons (Fsp3) is 0.304. The molecule has 0 saturated carbocycles. The number of nitrogens with one attached hydrogen (secondary N) is 2. The van der Waals surface area contributed by atoms with Gasteiger partial charge in [-0.15, -0.1) is 0 Å². The second-order valence-corrected chi connectivity index (χ2v) is 6.50. The van der Waals surface area contributed by atoms with Crippen molar-refractivity contribution in [3.8, 4) is 5.75 Å². The summed E-state index contributed by atoms with van der Waals surface area (Å²) in [7, 11) is 0. The van der Waals surface area contributed by atoms with E-state index in [-0.39, 0.29) is 49.8 Å². The van der Waals surface area contributed by atoms with E-state index in [0.717, 1.165) is 5.56 Å². The Labute approximate surface area is 186 Å². The van der Waals surface area contributed by atoms with Gasteiger partial charge in [0.25, 0.3) is 11.8 Å². The molecule has 32 heavy (non-hydrogen) atoms. The molecule has 9 nitrogen and oxygen atoms in total. The molecule has 0 aliphatic carbocycles. The summed E-state index contributed by atoms with van der Waals surface area (Å²) in [5.41, 5.74) is 1.13. The van der Waals surface area contributed by atoms with Gasteiger partial charge < -0.3 is 24.8 Å². The molecule has 2 N–H and O–H groups in total. The van der Waals surface area contributed by atoms with Gasteiger partial charge in [-0.3, -0.25) is 19.2 Å². The van der Waals surface area contributed by atoms with Gasteiger partial charge in [0.1, 0.15) is 25.4 Å². The maximum Gasteiger partial charge on any atom is 0.325 e. The Morgan fingerprint density at radius 2 is 1.25 bits per heavy atom. The highest BCUT2D eigenvalue weighted by Gasteiger charge is 2.16. The van der Waals surface area contributed by atoms with E-state index < -0.39 is 23.8 Å². The highest BCUT2D eigenvalue weighted by atomic mass is 16.5. The Kier molecular flexibility index (Phi) is 9.70. The first-order valence-electron chi connectivity index (χ1n) is 10.1. The molecular formula is C23H26N2O7. The van der Waals surface area contributed by atoms with E-state index in [1.165, 1.54) is 18.2 Å². The fourth-order valence-corrected chi connectivity index (χ4v) is 2.62. The molecule has 0 aliphatic rings. The summed E-state index contributed by atoms with van der Waals surface area (Å²) in [5.74, 6) is -2.04. The van der Waals surface area contributed by atoms with Crippen LogP contribution in [0.1, 0.15) is 40.1 Å². The van der Waals surface area contributed by atoms with E-state index in [9.17, 15) is 19.2 Å². The molecule has 2 amide bonds. The Hall–Kier alpha value is -3.88. The number of hydrogen-bond donors (Lipinski definition) is 2. The SMILES string of the molecule is CCOC(=O)CNC(=O)c1cc(OCc2ccccc2)cc(C(=O)NCC(=O)OCC)c1. The molecule has 0 spiro atoms. The first-order valence-corrected chi connectivity index (χ1v) is 10.1. The molecular weight excluding hydrogens is 416 g/mol. The highest BCUT2D eigenvalue weighted by molar-refractivity contribution is 6.01. The van der Waals surface area contributed by atoms with Crippen molar-refractivity contribution in [3.63, 3.8) is 0 Å². The molecule has 0 fully saturated rings. The van der Waals surface area contributed by atoms with E-state index in [1.807, 2.05) is 30.3 Å². The second kappa shape index (κ2) is 12.7. The molecule has 170 valence electrons. The lowest BCUT2D eigenvalue weighted by atomic mass is 10.1. The average Bonchev–Trinajstić information content (AvgIpc) is 2.80. The smallest absolute Gasteiger partial charge is 0.325 e. The van der Waals surface area contributed by atoms with E-state index in [2.05, 4.69) is 10.6 Å². The quantitative estimate of drug-likeness (QED) is 0.510. The topological polar surface area (TPSA) is 120 Å². The summed E-state index contributed by atoms with van der Waals surface area (Å²) in [4.78, 5) is 48.1. The third kappa shape index (κ3) is 8.10. The second-order valence-electron chi connectivity index (χ2n) is 6.50. The average molecular weight is 442 g/mol. The van der Waals surface area contributed by atoms with E-state index in [0.29, 0.717) is 0 Å². The lowest BCUT2D eigenvalue weighted by molar-refractivity contribution is -0.142. The zero-order valence-electron chi connectivity index (χ0n) is 18.0. The van der Waals surface area contributed by atoms with Crippen molar-refractivity contribution < 1.29 is 33.4 Å². The lowest BCUT2D eigenvalue weighted by Crippen LogP contribution is -2.32. The van der Waals surface area contributed by atoms with Crippen LogP contribution >= 0.6 is 0 Å². The van der Waals surface area contributed by atoms with Gasteiger partial charge >= 0.3 is 11.9 Å². The van der Waals surface area contributed by atoms with Crippen molar-refractivity contribution in [2.24, 2.45) is 0 Å². The number of carbonyl (C=O) groups excluding carboxylic acids is 4. The van der Waals surface area contributed by atoms with Gasteiger partial charge in [-0.25, -0.2) is 0 Å². The summed E-state index contributed by atoms with van der Waals surface area (Å²) in [5, 5.41) is 4.89. The van der Waals surface area contributed by atoms with Gasteiger partial charge in [0, 0.05) is 11.1 Å². The van der Waals surface area contributed by atoms with Crippen molar-refractivity contribution in [1.82, 2.24) is 10.6 Å². The number of rotatable bonds is 11.